The van der Waals surface area contributed by atoms with Crippen LogP contribution in [0.25, 0.3) is 0 Å². The first kappa shape index (κ1) is 17.9. The number of aromatic carboxylic acids is 1. The number of carboxylic acid groups (broad SMARTS) is 1. The van der Waals surface area contributed by atoms with Crippen molar-refractivity contribution in [3.05, 3.63) is 65.0 Å². The van der Waals surface area contributed by atoms with Crippen LogP contribution >= 0.6 is 0 Å². The van der Waals surface area contributed by atoms with E-state index < -0.39 is 17.4 Å². The number of ether oxygens (including phenoxy) is 1. The van der Waals surface area contributed by atoms with E-state index in [0.29, 0.717) is 17.7 Å². The van der Waals surface area contributed by atoms with E-state index in [4.69, 9.17) is 9.84 Å². The molecule has 2 aromatic rings. The van der Waals surface area contributed by atoms with Crippen molar-refractivity contribution < 1.29 is 23.8 Å². The van der Waals surface area contributed by atoms with Gasteiger partial charge in [0, 0.05) is 18.1 Å². The molecule has 6 heteroatoms. The van der Waals surface area contributed by atoms with Gasteiger partial charge in [0.05, 0.1) is 18.0 Å². The van der Waals surface area contributed by atoms with E-state index in [9.17, 15) is 14.0 Å². The van der Waals surface area contributed by atoms with Gasteiger partial charge in [0.1, 0.15) is 17.2 Å². The van der Waals surface area contributed by atoms with E-state index in [1.165, 1.54) is 24.3 Å². The Morgan fingerprint density at radius 2 is 2.04 bits per heavy atom. The van der Waals surface area contributed by atoms with Gasteiger partial charge in [-0.25, -0.2) is 9.18 Å². The lowest BCUT2D eigenvalue weighted by Crippen LogP contribution is -2.41. The summed E-state index contributed by atoms with van der Waals surface area (Å²) in [5, 5.41) is 12.0. The van der Waals surface area contributed by atoms with E-state index in [-0.39, 0.29) is 23.9 Å². The molecule has 1 heterocycles. The predicted molar refractivity (Wildman–Crippen MR) is 93.7 cm³/mol. The van der Waals surface area contributed by atoms with Crippen LogP contribution in [0.2, 0.25) is 0 Å². The molecule has 0 aliphatic carbocycles. The highest BCUT2D eigenvalue weighted by Gasteiger charge is 2.34. The zero-order valence-electron chi connectivity index (χ0n) is 14.6. The molecule has 1 unspecified atom stereocenters. The number of carbonyl (C=O) groups excluding carboxylic acids is 1. The molecule has 0 aromatic heterocycles. The van der Waals surface area contributed by atoms with Crippen LogP contribution in [0, 0.1) is 5.82 Å². The number of carbonyl (C=O) groups is 2. The van der Waals surface area contributed by atoms with Gasteiger partial charge in [-0.1, -0.05) is 18.2 Å². The van der Waals surface area contributed by atoms with Crippen LogP contribution in [0.3, 0.4) is 0 Å². The molecule has 1 aliphatic heterocycles. The molecule has 0 radical (unpaired) electrons. The summed E-state index contributed by atoms with van der Waals surface area (Å²) in [6.07, 6.45) is 0.613. The van der Waals surface area contributed by atoms with Gasteiger partial charge in [0.2, 0.25) is 5.91 Å². The largest absolute Gasteiger partial charge is 0.487 e. The van der Waals surface area contributed by atoms with Crippen LogP contribution in [0.1, 0.15) is 47.8 Å². The number of benzene rings is 2. The standard InChI is InChI=1S/C20H20FNO4/c1-20(2)11-16(15-7-6-14(21)10-17(15)26-20)22-18(23)9-12-4-3-5-13(8-12)19(24)25/h3-8,10,16H,9,11H2,1-2H3,(H,22,23)(H,24,25). The molecule has 0 fully saturated rings. The average molecular weight is 357 g/mol. The van der Waals surface area contributed by atoms with Crippen molar-refractivity contribution in [2.24, 2.45) is 0 Å². The van der Waals surface area contributed by atoms with Crippen molar-refractivity contribution in [1.29, 1.82) is 0 Å². The third kappa shape index (κ3) is 4.02. The molecule has 3 rings (SSSR count). The van der Waals surface area contributed by atoms with E-state index in [2.05, 4.69) is 5.32 Å². The number of rotatable bonds is 4. The number of halogens is 1. The molecule has 0 saturated heterocycles. The topological polar surface area (TPSA) is 75.6 Å². The second-order valence-corrected chi connectivity index (χ2v) is 7.05. The Balaban J connectivity index is 1.77. The van der Waals surface area contributed by atoms with E-state index >= 15 is 0 Å². The summed E-state index contributed by atoms with van der Waals surface area (Å²) in [7, 11) is 0. The molecule has 2 aromatic carbocycles. The Bertz CT molecular complexity index is 863. The van der Waals surface area contributed by atoms with Crippen molar-refractivity contribution in [1.82, 2.24) is 5.32 Å². The summed E-state index contributed by atoms with van der Waals surface area (Å²) in [6.45, 7) is 3.77. The minimum absolute atomic E-state index is 0.0649. The first-order valence-corrected chi connectivity index (χ1v) is 8.33. The number of amides is 1. The van der Waals surface area contributed by atoms with Crippen LogP contribution in [0.15, 0.2) is 42.5 Å². The zero-order chi connectivity index (χ0) is 18.9. The fraction of sp³-hybridized carbons (Fsp3) is 0.300. The van der Waals surface area contributed by atoms with Gasteiger partial charge in [0.15, 0.2) is 0 Å². The molecule has 0 bridgehead atoms. The first-order valence-electron chi connectivity index (χ1n) is 8.33. The molecule has 2 N–H and O–H groups in total. The Hall–Kier alpha value is -2.89. The van der Waals surface area contributed by atoms with Gasteiger partial charge in [-0.2, -0.15) is 0 Å². The van der Waals surface area contributed by atoms with Crippen molar-refractivity contribution in [3.8, 4) is 5.75 Å². The predicted octanol–water partition coefficient (Wildman–Crippen LogP) is 3.49. The smallest absolute Gasteiger partial charge is 0.335 e. The molecule has 5 nitrogen and oxygen atoms in total. The van der Waals surface area contributed by atoms with Gasteiger partial charge in [-0.15, -0.1) is 0 Å². The number of hydrogen-bond acceptors (Lipinski definition) is 3. The molecule has 1 atom stereocenters. The highest BCUT2D eigenvalue weighted by atomic mass is 19.1. The fourth-order valence-corrected chi connectivity index (χ4v) is 3.20. The number of carboxylic acids is 1. The molecule has 136 valence electrons. The summed E-state index contributed by atoms with van der Waals surface area (Å²) in [4.78, 5) is 23.5. The summed E-state index contributed by atoms with van der Waals surface area (Å²) in [5.74, 6) is -1.23. The van der Waals surface area contributed by atoms with Gasteiger partial charge in [-0.05, 0) is 37.6 Å². The highest BCUT2D eigenvalue weighted by molar-refractivity contribution is 5.88. The SMILES string of the molecule is CC1(C)CC(NC(=O)Cc2cccc(C(=O)O)c2)c2ccc(F)cc2O1. The van der Waals surface area contributed by atoms with Gasteiger partial charge in [-0.3, -0.25) is 4.79 Å². The maximum Gasteiger partial charge on any atom is 0.335 e. The Kier molecular flexibility index (Phi) is 4.68. The maximum atomic E-state index is 13.5. The lowest BCUT2D eigenvalue weighted by Gasteiger charge is -2.38. The Morgan fingerprint density at radius 1 is 1.27 bits per heavy atom. The average Bonchev–Trinajstić information content (AvgIpc) is 2.53. The Labute approximate surface area is 150 Å². The van der Waals surface area contributed by atoms with Crippen LogP contribution < -0.4 is 10.1 Å². The molecular formula is C20H20FNO4. The van der Waals surface area contributed by atoms with Crippen LogP contribution in [-0.4, -0.2) is 22.6 Å². The normalized spacial score (nSPS) is 17.7. The van der Waals surface area contributed by atoms with E-state index in [1.54, 1.807) is 18.2 Å². The second-order valence-electron chi connectivity index (χ2n) is 7.05. The van der Waals surface area contributed by atoms with Gasteiger partial charge < -0.3 is 15.2 Å². The highest BCUT2D eigenvalue weighted by Crippen LogP contribution is 2.39. The van der Waals surface area contributed by atoms with Crippen molar-refractivity contribution in [3.63, 3.8) is 0 Å². The Morgan fingerprint density at radius 3 is 2.77 bits per heavy atom. The number of nitrogens with one attached hydrogen (secondary N) is 1. The summed E-state index contributed by atoms with van der Waals surface area (Å²) in [5.41, 5.74) is 0.955. The lowest BCUT2D eigenvalue weighted by molar-refractivity contribution is -0.121. The maximum absolute atomic E-state index is 13.5. The quantitative estimate of drug-likeness (QED) is 0.878. The number of fused-ring (bicyclic) bond motifs is 1. The molecule has 26 heavy (non-hydrogen) atoms. The van der Waals surface area contributed by atoms with Crippen molar-refractivity contribution in [2.45, 2.75) is 38.3 Å². The van der Waals surface area contributed by atoms with E-state index in [0.717, 1.165) is 5.56 Å². The van der Waals surface area contributed by atoms with Crippen LogP contribution in [-0.2, 0) is 11.2 Å². The van der Waals surface area contributed by atoms with Gasteiger partial charge >= 0.3 is 5.97 Å². The first-order chi connectivity index (χ1) is 12.2. The summed E-state index contributed by atoms with van der Waals surface area (Å²) in [6, 6.07) is 10.3. The molecule has 1 amide bonds. The van der Waals surface area contributed by atoms with Gasteiger partial charge in [0.25, 0.3) is 0 Å². The van der Waals surface area contributed by atoms with Crippen LogP contribution in [0.4, 0.5) is 4.39 Å². The monoisotopic (exact) mass is 357 g/mol. The van der Waals surface area contributed by atoms with Crippen molar-refractivity contribution in [2.75, 3.05) is 0 Å². The fourth-order valence-electron chi connectivity index (χ4n) is 3.20. The lowest BCUT2D eigenvalue weighted by atomic mass is 9.89. The van der Waals surface area contributed by atoms with Crippen molar-refractivity contribution >= 4 is 11.9 Å². The summed E-state index contributed by atoms with van der Waals surface area (Å²) >= 11 is 0. The molecule has 0 spiro atoms. The molecular weight excluding hydrogens is 337 g/mol. The van der Waals surface area contributed by atoms with E-state index in [1.807, 2.05) is 13.8 Å². The third-order valence-corrected chi connectivity index (χ3v) is 4.31. The summed E-state index contributed by atoms with van der Waals surface area (Å²) < 4.78 is 19.3. The minimum Gasteiger partial charge on any atom is -0.487 e. The second kappa shape index (κ2) is 6.78. The van der Waals surface area contributed by atoms with Crippen LogP contribution in [0.5, 0.6) is 5.75 Å². The zero-order valence-corrected chi connectivity index (χ0v) is 14.6. The molecule has 1 aliphatic rings. The third-order valence-electron chi connectivity index (χ3n) is 4.31. The minimum atomic E-state index is -1.03. The number of hydrogen-bond donors (Lipinski definition) is 2. The molecule has 0 saturated carbocycles.